The second-order valence-corrected chi connectivity index (χ2v) is 11.1. The quantitative estimate of drug-likeness (QED) is 0.721. The Morgan fingerprint density at radius 3 is 2.00 bits per heavy atom. The monoisotopic (exact) mass is 280 g/mol. The van der Waals surface area contributed by atoms with Gasteiger partial charge in [-0.25, -0.2) is 0 Å². The Labute approximate surface area is 117 Å². The maximum Gasteiger partial charge on any atom is 0.488 e. The third kappa shape index (κ3) is 4.18. The van der Waals surface area contributed by atoms with E-state index in [1.165, 1.54) is 0 Å². The molecule has 0 saturated carbocycles. The van der Waals surface area contributed by atoms with Crippen molar-refractivity contribution in [3.8, 4) is 0 Å². The van der Waals surface area contributed by atoms with Gasteiger partial charge in [-0.15, -0.1) is 0 Å². The first-order chi connectivity index (χ1) is 8.54. The third-order valence-electron chi connectivity index (χ3n) is 4.28. The Bertz CT molecular complexity index is 410. The Hall–Kier alpha value is -0.618. The minimum Gasteiger partial charge on any atom is -0.432 e. The summed E-state index contributed by atoms with van der Waals surface area (Å²) in [4.78, 5) is 10.3. The SMILES string of the molecule is CC(CC(C)(C)[Si](C)(C)O)c1ccc(B(O)O)cc1. The molecular formula is C14H25BO3Si. The molecule has 0 bridgehead atoms. The van der Waals surface area contributed by atoms with Crippen LogP contribution in [0.15, 0.2) is 24.3 Å². The van der Waals surface area contributed by atoms with Crippen molar-refractivity contribution in [1.29, 1.82) is 0 Å². The van der Waals surface area contributed by atoms with Crippen LogP contribution in [0.5, 0.6) is 0 Å². The molecule has 0 aromatic heterocycles. The topological polar surface area (TPSA) is 60.7 Å². The smallest absolute Gasteiger partial charge is 0.432 e. The second-order valence-electron chi connectivity index (χ2n) is 6.59. The number of hydrogen-bond donors (Lipinski definition) is 3. The van der Waals surface area contributed by atoms with E-state index in [0.717, 1.165) is 12.0 Å². The van der Waals surface area contributed by atoms with Crippen molar-refractivity contribution in [3.63, 3.8) is 0 Å². The molecule has 0 aliphatic heterocycles. The van der Waals surface area contributed by atoms with Gasteiger partial charge in [0.25, 0.3) is 0 Å². The molecule has 1 unspecified atom stereocenters. The van der Waals surface area contributed by atoms with Gasteiger partial charge >= 0.3 is 7.12 Å². The molecule has 1 aromatic rings. The zero-order chi connectivity index (χ0) is 14.8. The highest BCUT2D eigenvalue weighted by molar-refractivity contribution is 6.72. The second kappa shape index (κ2) is 5.79. The molecule has 106 valence electrons. The highest BCUT2D eigenvalue weighted by Gasteiger charge is 2.38. The Morgan fingerprint density at radius 2 is 1.63 bits per heavy atom. The average Bonchev–Trinajstić information content (AvgIpc) is 2.27. The van der Waals surface area contributed by atoms with Crippen molar-refractivity contribution in [2.75, 3.05) is 0 Å². The highest BCUT2D eigenvalue weighted by Crippen LogP contribution is 2.43. The first-order valence-electron chi connectivity index (χ1n) is 6.73. The fraction of sp³-hybridized carbons (Fsp3) is 0.571. The Morgan fingerprint density at radius 1 is 1.16 bits per heavy atom. The van der Waals surface area contributed by atoms with Crippen LogP contribution in [0.1, 0.15) is 38.7 Å². The van der Waals surface area contributed by atoms with E-state index >= 15 is 0 Å². The van der Waals surface area contributed by atoms with E-state index in [0.29, 0.717) is 11.4 Å². The predicted molar refractivity (Wildman–Crippen MR) is 83.0 cm³/mol. The lowest BCUT2D eigenvalue weighted by atomic mass is 9.79. The minimum atomic E-state index is -2.19. The fourth-order valence-electron chi connectivity index (χ4n) is 2.13. The van der Waals surface area contributed by atoms with Crippen molar-refractivity contribution in [3.05, 3.63) is 29.8 Å². The number of hydrogen-bond acceptors (Lipinski definition) is 3. The van der Waals surface area contributed by atoms with Crippen molar-refractivity contribution >= 4 is 20.9 Å². The average molecular weight is 280 g/mol. The molecule has 0 amide bonds. The third-order valence-corrected chi connectivity index (χ3v) is 7.79. The van der Waals surface area contributed by atoms with Gasteiger partial charge in [0, 0.05) is 0 Å². The lowest BCUT2D eigenvalue weighted by molar-refractivity contribution is 0.425. The van der Waals surface area contributed by atoms with Gasteiger partial charge in [0.05, 0.1) is 0 Å². The van der Waals surface area contributed by atoms with Gasteiger partial charge in [-0.05, 0) is 41.5 Å². The van der Waals surface area contributed by atoms with Crippen LogP contribution in [0.3, 0.4) is 0 Å². The summed E-state index contributed by atoms with van der Waals surface area (Å²) in [6, 6.07) is 7.35. The predicted octanol–water partition coefficient (Wildman–Crippen LogP) is 1.84. The van der Waals surface area contributed by atoms with Gasteiger partial charge in [0.2, 0.25) is 0 Å². The fourth-order valence-corrected chi connectivity index (χ4v) is 2.94. The molecule has 0 spiro atoms. The maximum atomic E-state index is 10.3. The van der Waals surface area contributed by atoms with Crippen LogP contribution in [0, 0.1) is 0 Å². The lowest BCUT2D eigenvalue weighted by Gasteiger charge is -2.37. The van der Waals surface area contributed by atoms with Crippen LogP contribution in [0.2, 0.25) is 18.1 Å². The first kappa shape index (κ1) is 16.4. The summed E-state index contributed by atoms with van der Waals surface area (Å²) >= 11 is 0. The molecule has 5 heteroatoms. The molecule has 3 nitrogen and oxygen atoms in total. The van der Waals surface area contributed by atoms with Gasteiger partial charge in [0.15, 0.2) is 8.32 Å². The molecule has 0 aliphatic carbocycles. The van der Waals surface area contributed by atoms with Crippen LogP contribution >= 0.6 is 0 Å². The molecule has 0 heterocycles. The summed E-state index contributed by atoms with van der Waals surface area (Å²) in [6.07, 6.45) is 0.920. The van der Waals surface area contributed by atoms with E-state index in [9.17, 15) is 4.80 Å². The van der Waals surface area contributed by atoms with Gasteiger partial charge in [0.1, 0.15) is 0 Å². The lowest BCUT2D eigenvalue weighted by Crippen LogP contribution is -2.39. The van der Waals surface area contributed by atoms with E-state index in [1.807, 2.05) is 25.2 Å². The molecule has 0 saturated heterocycles. The van der Waals surface area contributed by atoms with E-state index in [-0.39, 0.29) is 5.04 Å². The van der Waals surface area contributed by atoms with E-state index in [4.69, 9.17) is 10.0 Å². The van der Waals surface area contributed by atoms with Gasteiger partial charge in [-0.3, -0.25) is 0 Å². The van der Waals surface area contributed by atoms with E-state index in [1.54, 1.807) is 12.1 Å². The van der Waals surface area contributed by atoms with Crippen LogP contribution in [-0.4, -0.2) is 30.3 Å². The zero-order valence-corrected chi connectivity index (χ0v) is 13.5. The van der Waals surface area contributed by atoms with Crippen molar-refractivity contribution in [2.45, 2.75) is 51.2 Å². The molecule has 3 N–H and O–H groups in total. The number of rotatable bonds is 5. The molecule has 19 heavy (non-hydrogen) atoms. The van der Waals surface area contributed by atoms with Crippen LogP contribution in [0.4, 0.5) is 0 Å². The highest BCUT2D eigenvalue weighted by atomic mass is 28.4. The van der Waals surface area contributed by atoms with Crippen LogP contribution in [-0.2, 0) is 0 Å². The summed E-state index contributed by atoms with van der Waals surface area (Å²) in [6.45, 7) is 10.4. The maximum absolute atomic E-state index is 10.3. The van der Waals surface area contributed by atoms with Crippen molar-refractivity contribution < 1.29 is 14.8 Å². The van der Waals surface area contributed by atoms with Crippen molar-refractivity contribution in [1.82, 2.24) is 0 Å². The Balaban J connectivity index is 2.81. The zero-order valence-electron chi connectivity index (χ0n) is 12.5. The molecule has 0 aliphatic rings. The summed E-state index contributed by atoms with van der Waals surface area (Å²) < 4.78 is 0. The van der Waals surface area contributed by atoms with E-state index in [2.05, 4.69) is 20.8 Å². The summed E-state index contributed by atoms with van der Waals surface area (Å²) in [5.41, 5.74) is 1.67. The summed E-state index contributed by atoms with van der Waals surface area (Å²) in [7, 11) is -3.60. The van der Waals surface area contributed by atoms with Crippen LogP contribution < -0.4 is 5.46 Å². The van der Waals surface area contributed by atoms with Crippen LogP contribution in [0.25, 0.3) is 0 Å². The van der Waals surface area contributed by atoms with Gasteiger partial charge in [-0.1, -0.05) is 45.0 Å². The van der Waals surface area contributed by atoms with Gasteiger partial charge in [-0.2, -0.15) is 0 Å². The van der Waals surface area contributed by atoms with Crippen molar-refractivity contribution in [2.24, 2.45) is 0 Å². The molecule has 0 fully saturated rings. The molecular weight excluding hydrogens is 255 g/mol. The first-order valence-corrected chi connectivity index (χ1v) is 9.68. The Kier molecular flexibility index (Phi) is 5.01. The molecule has 1 atom stereocenters. The van der Waals surface area contributed by atoms with E-state index < -0.39 is 15.4 Å². The molecule has 1 rings (SSSR count). The summed E-state index contributed by atoms with van der Waals surface area (Å²) in [5.74, 6) is 0.332. The minimum absolute atomic E-state index is 0.0540. The standard InChI is InChI=1S/C14H25BO3Si/c1-11(10-14(2,3)19(4,5)18)12-6-8-13(9-7-12)15(16)17/h6-9,11,16-18H,10H2,1-5H3. The molecule has 0 radical (unpaired) electrons. The van der Waals surface area contributed by atoms with Gasteiger partial charge < -0.3 is 14.8 Å². The largest absolute Gasteiger partial charge is 0.488 e. The number of benzene rings is 1. The summed E-state index contributed by atoms with van der Waals surface area (Å²) in [5, 5.41) is 18.1. The normalized spacial score (nSPS) is 14.3. The molecule has 1 aromatic carbocycles.